The first-order valence-corrected chi connectivity index (χ1v) is 14.2. The van der Waals surface area contributed by atoms with Crippen molar-refractivity contribution in [2.75, 3.05) is 19.6 Å². The molecule has 0 radical (unpaired) electrons. The maximum atomic E-state index is 13.1. The highest BCUT2D eigenvalue weighted by Crippen LogP contribution is 2.21. The van der Waals surface area contributed by atoms with Crippen LogP contribution in [0.3, 0.4) is 0 Å². The molecule has 0 spiro atoms. The summed E-state index contributed by atoms with van der Waals surface area (Å²) >= 11 is 0. The zero-order valence-electron chi connectivity index (χ0n) is 23.1. The van der Waals surface area contributed by atoms with Gasteiger partial charge in [-0.25, -0.2) is 0 Å². The van der Waals surface area contributed by atoms with Crippen molar-refractivity contribution in [2.45, 2.75) is 104 Å². The van der Waals surface area contributed by atoms with Crippen LogP contribution in [0, 0.1) is 0 Å². The van der Waals surface area contributed by atoms with Crippen LogP contribution in [-0.4, -0.2) is 63.4 Å². The minimum absolute atomic E-state index is 0.115. The molecule has 2 heterocycles. The lowest BCUT2D eigenvalue weighted by Crippen LogP contribution is -2.58. The van der Waals surface area contributed by atoms with Crippen molar-refractivity contribution in [1.29, 1.82) is 0 Å². The Kier molecular flexibility index (Phi) is 13.8. The molecule has 3 rings (SSSR count). The van der Waals surface area contributed by atoms with E-state index in [1.165, 1.54) is 55.9 Å². The third-order valence-corrected chi connectivity index (χ3v) is 7.11. The number of carbonyl (C=O) groups is 3. The Bertz CT molecular complexity index is 967. The molecule has 1 atom stereocenters. The van der Waals surface area contributed by atoms with E-state index in [9.17, 15) is 9.59 Å². The van der Waals surface area contributed by atoms with Crippen LogP contribution in [0.1, 0.15) is 97.0 Å². The van der Waals surface area contributed by atoms with E-state index in [-0.39, 0.29) is 17.9 Å². The number of H-pyrrole nitrogens is 1. The van der Waals surface area contributed by atoms with Gasteiger partial charge in [0.05, 0.1) is 0 Å². The molecule has 0 aliphatic carbocycles. The molecule has 206 valence electrons. The van der Waals surface area contributed by atoms with Crippen LogP contribution in [0.4, 0.5) is 0 Å². The first kappa shape index (κ1) is 30.4. The first-order valence-electron chi connectivity index (χ1n) is 14.2. The van der Waals surface area contributed by atoms with Crippen LogP contribution in [0.15, 0.2) is 30.5 Å². The Labute approximate surface area is 222 Å². The Morgan fingerprint density at radius 2 is 1.59 bits per heavy atom. The number of rotatable bonds is 14. The van der Waals surface area contributed by atoms with Crippen molar-refractivity contribution in [3.8, 4) is 0 Å². The minimum atomic E-state index is -0.833. The molecular formula is C30H47N3O4. The maximum Gasteiger partial charge on any atom is 0.300 e. The normalized spacial score (nSPS) is 15.5. The van der Waals surface area contributed by atoms with E-state index in [1.54, 1.807) is 0 Å². The molecule has 1 unspecified atom stereocenters. The molecule has 1 saturated heterocycles. The Morgan fingerprint density at radius 1 is 0.973 bits per heavy atom. The van der Waals surface area contributed by atoms with Gasteiger partial charge in [-0.3, -0.25) is 14.4 Å². The van der Waals surface area contributed by atoms with Gasteiger partial charge in [-0.05, 0) is 30.9 Å². The zero-order chi connectivity index (χ0) is 27.0. The number of benzene rings is 1. The standard InChI is InChI=1S/C28H43N3O2.C2H4O2/c1-3-5-6-7-8-9-10-11-12-17-27(32)31-21-20-30(28(33)26(31)4-2)19-18-23-22-29-25-16-14-13-15-24(23)25;1-2(3)4/h13-16,22,26,29H,3-12,17-21H2,1-2H3;1H3,(H,3,4). The summed E-state index contributed by atoms with van der Waals surface area (Å²) in [6, 6.07) is 7.99. The summed E-state index contributed by atoms with van der Waals surface area (Å²) in [5.74, 6) is -0.557. The molecule has 7 heteroatoms. The molecule has 1 aromatic heterocycles. The summed E-state index contributed by atoms with van der Waals surface area (Å²) in [5, 5.41) is 8.65. The van der Waals surface area contributed by atoms with Gasteiger partial charge in [0, 0.05) is 50.1 Å². The van der Waals surface area contributed by atoms with Crippen LogP contribution in [0.25, 0.3) is 10.9 Å². The number of unbranched alkanes of at least 4 members (excludes halogenated alkanes) is 8. The lowest BCUT2D eigenvalue weighted by molar-refractivity contribution is -0.151. The summed E-state index contributed by atoms with van der Waals surface area (Å²) in [5.41, 5.74) is 2.38. The van der Waals surface area contributed by atoms with Gasteiger partial charge in [0.25, 0.3) is 5.97 Å². The number of hydrogen-bond donors (Lipinski definition) is 2. The molecule has 1 aliphatic rings. The van der Waals surface area contributed by atoms with E-state index in [1.807, 2.05) is 22.8 Å². The molecule has 0 saturated carbocycles. The van der Waals surface area contributed by atoms with E-state index in [0.717, 1.165) is 31.7 Å². The van der Waals surface area contributed by atoms with Gasteiger partial charge in [-0.15, -0.1) is 0 Å². The van der Waals surface area contributed by atoms with Gasteiger partial charge in [0.2, 0.25) is 11.8 Å². The fourth-order valence-electron chi connectivity index (χ4n) is 5.08. The van der Waals surface area contributed by atoms with E-state index in [2.05, 4.69) is 36.3 Å². The van der Waals surface area contributed by atoms with Crippen molar-refractivity contribution in [2.24, 2.45) is 0 Å². The predicted octanol–water partition coefficient (Wildman–Crippen LogP) is 6.17. The monoisotopic (exact) mass is 513 g/mol. The molecule has 7 nitrogen and oxygen atoms in total. The number of piperazine rings is 1. The van der Waals surface area contributed by atoms with E-state index in [4.69, 9.17) is 9.90 Å². The molecule has 37 heavy (non-hydrogen) atoms. The molecule has 2 amide bonds. The summed E-state index contributed by atoms with van der Waals surface area (Å²) in [6.07, 6.45) is 15.4. The summed E-state index contributed by atoms with van der Waals surface area (Å²) in [7, 11) is 0. The Balaban J connectivity index is 0.00000112. The number of amides is 2. The maximum absolute atomic E-state index is 13.1. The number of fused-ring (bicyclic) bond motifs is 1. The lowest BCUT2D eigenvalue weighted by atomic mass is 10.0. The number of nitrogens with zero attached hydrogens (tertiary/aromatic N) is 2. The van der Waals surface area contributed by atoms with Gasteiger partial charge < -0.3 is 19.9 Å². The minimum Gasteiger partial charge on any atom is -0.481 e. The first-order chi connectivity index (χ1) is 17.9. The smallest absolute Gasteiger partial charge is 0.300 e. The molecule has 1 fully saturated rings. The van der Waals surface area contributed by atoms with E-state index < -0.39 is 5.97 Å². The fraction of sp³-hybridized carbons (Fsp3) is 0.633. The predicted molar refractivity (Wildman–Crippen MR) is 150 cm³/mol. The third-order valence-electron chi connectivity index (χ3n) is 7.11. The summed E-state index contributed by atoms with van der Waals surface area (Å²) in [4.78, 5) is 42.1. The van der Waals surface area contributed by atoms with Crippen LogP contribution >= 0.6 is 0 Å². The molecular weight excluding hydrogens is 466 g/mol. The average molecular weight is 514 g/mol. The number of aliphatic carboxylic acids is 1. The van der Waals surface area contributed by atoms with E-state index in [0.29, 0.717) is 32.5 Å². The number of carboxylic acids is 1. The van der Waals surface area contributed by atoms with Crippen molar-refractivity contribution in [3.63, 3.8) is 0 Å². The second-order valence-corrected chi connectivity index (χ2v) is 10.0. The molecule has 1 aliphatic heterocycles. The Hall–Kier alpha value is -2.83. The van der Waals surface area contributed by atoms with Crippen molar-refractivity contribution >= 4 is 28.7 Å². The molecule has 2 aromatic rings. The van der Waals surface area contributed by atoms with Crippen LogP contribution in [0.5, 0.6) is 0 Å². The van der Waals surface area contributed by atoms with Crippen molar-refractivity contribution in [1.82, 2.24) is 14.8 Å². The molecule has 1 aromatic carbocycles. The third kappa shape index (κ3) is 10.2. The molecule has 2 N–H and O–H groups in total. The summed E-state index contributed by atoms with van der Waals surface area (Å²) < 4.78 is 0. The second kappa shape index (κ2) is 16.8. The summed E-state index contributed by atoms with van der Waals surface area (Å²) in [6.45, 7) is 7.36. The lowest BCUT2D eigenvalue weighted by Gasteiger charge is -2.40. The number of aromatic nitrogens is 1. The highest BCUT2D eigenvalue weighted by Gasteiger charge is 2.35. The Morgan fingerprint density at radius 3 is 2.24 bits per heavy atom. The van der Waals surface area contributed by atoms with Gasteiger partial charge in [0.1, 0.15) is 6.04 Å². The number of carbonyl (C=O) groups excluding carboxylic acids is 2. The second-order valence-electron chi connectivity index (χ2n) is 10.0. The quantitative estimate of drug-likeness (QED) is 0.295. The number of nitrogens with one attached hydrogen (secondary N) is 1. The number of aromatic amines is 1. The topological polar surface area (TPSA) is 93.7 Å². The fourth-order valence-corrected chi connectivity index (χ4v) is 5.08. The van der Waals surface area contributed by atoms with Gasteiger partial charge in [0.15, 0.2) is 0 Å². The number of hydrogen-bond acceptors (Lipinski definition) is 3. The van der Waals surface area contributed by atoms with E-state index >= 15 is 0 Å². The zero-order valence-corrected chi connectivity index (χ0v) is 23.1. The van der Waals surface area contributed by atoms with Crippen molar-refractivity contribution in [3.05, 3.63) is 36.0 Å². The molecule has 0 bridgehead atoms. The van der Waals surface area contributed by atoms with Gasteiger partial charge in [-0.1, -0.05) is 83.4 Å². The van der Waals surface area contributed by atoms with Gasteiger partial charge in [-0.2, -0.15) is 0 Å². The van der Waals surface area contributed by atoms with Gasteiger partial charge >= 0.3 is 0 Å². The van der Waals surface area contributed by atoms with Crippen LogP contribution < -0.4 is 0 Å². The highest BCUT2D eigenvalue weighted by molar-refractivity contribution is 5.89. The van der Waals surface area contributed by atoms with Crippen LogP contribution in [0.2, 0.25) is 0 Å². The average Bonchev–Trinajstić information content (AvgIpc) is 3.29. The highest BCUT2D eigenvalue weighted by atomic mass is 16.4. The number of carboxylic acid groups (broad SMARTS) is 1. The number of para-hydroxylation sites is 1. The largest absolute Gasteiger partial charge is 0.481 e. The van der Waals surface area contributed by atoms with Crippen molar-refractivity contribution < 1.29 is 19.5 Å². The van der Waals surface area contributed by atoms with Crippen LogP contribution in [-0.2, 0) is 20.8 Å². The SMILES string of the molecule is CC(=O)O.CCCCCCCCCCCC(=O)N1CCN(CCc2c[nH]c3ccccc23)C(=O)C1CC.